The van der Waals surface area contributed by atoms with E-state index in [1.807, 2.05) is 60.7 Å². The van der Waals surface area contributed by atoms with Gasteiger partial charge in [-0.3, -0.25) is 20.4 Å². The first-order chi connectivity index (χ1) is 12.7. The number of carbonyl (C=O) groups excluding carboxylic acids is 2. The Hall–Kier alpha value is -3.41. The van der Waals surface area contributed by atoms with E-state index in [2.05, 4.69) is 16.0 Å². The molecule has 1 saturated carbocycles. The van der Waals surface area contributed by atoms with Crippen molar-refractivity contribution in [2.75, 3.05) is 0 Å². The fourth-order valence-electron chi connectivity index (χ4n) is 2.69. The summed E-state index contributed by atoms with van der Waals surface area (Å²) in [4.78, 5) is 24.4. The standard InChI is InChI=1S/C20H18N4O2/c25-19(15-11-12-15)21-22-20(26)18-13-17(14-7-3-1-4-8-14)23-24(18)16-9-5-2-6-10-16/h1-10,13,15H,11-12H2,(H,21,25)(H,22,26). The van der Waals surface area contributed by atoms with Gasteiger partial charge in [0.05, 0.1) is 11.4 Å². The van der Waals surface area contributed by atoms with E-state index in [1.54, 1.807) is 10.7 Å². The summed E-state index contributed by atoms with van der Waals surface area (Å²) >= 11 is 0. The number of hydrogen-bond donors (Lipinski definition) is 2. The summed E-state index contributed by atoms with van der Waals surface area (Å²) in [5, 5.41) is 4.59. The lowest BCUT2D eigenvalue weighted by molar-refractivity contribution is -0.123. The molecule has 0 unspecified atom stereocenters. The first-order valence-corrected chi connectivity index (χ1v) is 8.53. The van der Waals surface area contributed by atoms with Gasteiger partial charge in [-0.05, 0) is 31.0 Å². The van der Waals surface area contributed by atoms with Gasteiger partial charge < -0.3 is 0 Å². The van der Waals surface area contributed by atoms with Crippen LogP contribution >= 0.6 is 0 Å². The van der Waals surface area contributed by atoms with Gasteiger partial charge in [-0.1, -0.05) is 48.5 Å². The van der Waals surface area contributed by atoms with Crippen LogP contribution in [0.4, 0.5) is 0 Å². The summed E-state index contributed by atoms with van der Waals surface area (Å²) in [6.45, 7) is 0. The third-order valence-corrected chi connectivity index (χ3v) is 4.26. The maximum absolute atomic E-state index is 12.6. The molecule has 130 valence electrons. The van der Waals surface area contributed by atoms with Gasteiger partial charge in [-0.25, -0.2) is 4.68 Å². The van der Waals surface area contributed by atoms with E-state index < -0.39 is 5.91 Å². The molecule has 3 aromatic rings. The van der Waals surface area contributed by atoms with Gasteiger partial charge in [0, 0.05) is 11.5 Å². The number of amides is 2. The summed E-state index contributed by atoms with van der Waals surface area (Å²) in [7, 11) is 0. The second-order valence-corrected chi connectivity index (χ2v) is 6.25. The zero-order valence-corrected chi connectivity index (χ0v) is 14.1. The highest BCUT2D eigenvalue weighted by atomic mass is 16.2. The van der Waals surface area contributed by atoms with Crippen LogP contribution < -0.4 is 10.9 Å². The number of benzene rings is 2. The molecule has 0 saturated heterocycles. The van der Waals surface area contributed by atoms with Crippen LogP contribution in [0.2, 0.25) is 0 Å². The average molecular weight is 346 g/mol. The van der Waals surface area contributed by atoms with Crippen molar-refractivity contribution in [1.29, 1.82) is 0 Å². The lowest BCUT2D eigenvalue weighted by atomic mass is 10.1. The van der Waals surface area contributed by atoms with Crippen molar-refractivity contribution < 1.29 is 9.59 Å². The molecule has 2 aromatic carbocycles. The normalized spacial score (nSPS) is 13.2. The number of aromatic nitrogens is 2. The highest BCUT2D eigenvalue weighted by Gasteiger charge is 2.30. The number of rotatable bonds is 4. The quantitative estimate of drug-likeness (QED) is 0.713. The van der Waals surface area contributed by atoms with E-state index in [9.17, 15) is 9.59 Å². The molecule has 0 aliphatic heterocycles. The molecule has 6 nitrogen and oxygen atoms in total. The Kier molecular flexibility index (Phi) is 4.23. The van der Waals surface area contributed by atoms with E-state index in [1.165, 1.54) is 0 Å². The zero-order valence-electron chi connectivity index (χ0n) is 14.1. The molecule has 6 heteroatoms. The summed E-state index contributed by atoms with van der Waals surface area (Å²) in [6.07, 6.45) is 1.75. The maximum Gasteiger partial charge on any atom is 0.288 e. The average Bonchev–Trinajstić information content (AvgIpc) is 3.45. The Morgan fingerprint density at radius 3 is 2.23 bits per heavy atom. The SMILES string of the molecule is O=C(NNC(=O)C1CC1)c1cc(-c2ccccc2)nn1-c1ccccc1. The van der Waals surface area contributed by atoms with Crippen LogP contribution in [-0.2, 0) is 4.79 Å². The summed E-state index contributed by atoms with van der Waals surface area (Å²) in [5.41, 5.74) is 7.71. The predicted octanol–water partition coefficient (Wildman–Crippen LogP) is 2.71. The Balaban J connectivity index is 1.66. The predicted molar refractivity (Wildman–Crippen MR) is 97.3 cm³/mol. The molecule has 1 heterocycles. The number of carbonyl (C=O) groups is 2. The second kappa shape index (κ2) is 6.84. The molecule has 26 heavy (non-hydrogen) atoms. The topological polar surface area (TPSA) is 76.0 Å². The highest BCUT2D eigenvalue weighted by molar-refractivity contribution is 5.95. The Labute approximate surface area is 150 Å². The molecule has 1 aromatic heterocycles. The van der Waals surface area contributed by atoms with Crippen LogP contribution in [0.15, 0.2) is 66.7 Å². The van der Waals surface area contributed by atoms with Crippen molar-refractivity contribution in [2.24, 2.45) is 5.92 Å². The molecule has 2 N–H and O–H groups in total. The van der Waals surface area contributed by atoms with Gasteiger partial charge in [0.2, 0.25) is 5.91 Å². The van der Waals surface area contributed by atoms with Gasteiger partial charge in [-0.15, -0.1) is 0 Å². The third-order valence-electron chi connectivity index (χ3n) is 4.26. The van der Waals surface area contributed by atoms with E-state index in [-0.39, 0.29) is 11.8 Å². The van der Waals surface area contributed by atoms with Gasteiger partial charge in [0.25, 0.3) is 5.91 Å². The number of nitrogens with one attached hydrogen (secondary N) is 2. The zero-order chi connectivity index (χ0) is 17.9. The van der Waals surface area contributed by atoms with Crippen LogP contribution in [0, 0.1) is 5.92 Å². The van der Waals surface area contributed by atoms with Gasteiger partial charge in [-0.2, -0.15) is 5.10 Å². The molecule has 1 fully saturated rings. The lowest BCUT2D eigenvalue weighted by Gasteiger charge is -2.09. The van der Waals surface area contributed by atoms with Crippen LogP contribution in [-0.4, -0.2) is 21.6 Å². The van der Waals surface area contributed by atoms with E-state index >= 15 is 0 Å². The molecule has 0 atom stereocenters. The first kappa shape index (κ1) is 16.1. The molecule has 0 bridgehead atoms. The molecule has 1 aliphatic rings. The van der Waals surface area contributed by atoms with Crippen molar-refractivity contribution in [3.05, 3.63) is 72.4 Å². The molecule has 2 amide bonds. The highest BCUT2D eigenvalue weighted by Crippen LogP contribution is 2.28. The lowest BCUT2D eigenvalue weighted by Crippen LogP contribution is -2.43. The van der Waals surface area contributed by atoms with Gasteiger partial charge >= 0.3 is 0 Å². The number of hydrazine groups is 1. The minimum atomic E-state index is -0.405. The van der Waals surface area contributed by atoms with Crippen LogP contribution in [0.3, 0.4) is 0 Å². The van der Waals surface area contributed by atoms with Crippen LogP contribution in [0.5, 0.6) is 0 Å². The molecular formula is C20H18N4O2. The number of nitrogens with zero attached hydrogens (tertiary/aromatic N) is 2. The first-order valence-electron chi connectivity index (χ1n) is 8.53. The molecule has 0 radical (unpaired) electrons. The minimum Gasteiger partial charge on any atom is -0.273 e. The Morgan fingerprint density at radius 2 is 1.58 bits per heavy atom. The van der Waals surface area contributed by atoms with Crippen molar-refractivity contribution in [3.8, 4) is 16.9 Å². The van der Waals surface area contributed by atoms with Crippen LogP contribution in [0.1, 0.15) is 23.3 Å². The number of hydrogen-bond acceptors (Lipinski definition) is 3. The van der Waals surface area contributed by atoms with E-state index in [0.717, 1.165) is 24.1 Å². The number of para-hydroxylation sites is 1. The van der Waals surface area contributed by atoms with Gasteiger partial charge in [0.1, 0.15) is 5.69 Å². The minimum absolute atomic E-state index is 0.0224. The monoisotopic (exact) mass is 346 g/mol. The van der Waals surface area contributed by atoms with E-state index in [0.29, 0.717) is 11.4 Å². The second-order valence-electron chi connectivity index (χ2n) is 6.25. The van der Waals surface area contributed by atoms with E-state index in [4.69, 9.17) is 0 Å². The fourth-order valence-corrected chi connectivity index (χ4v) is 2.69. The molecule has 1 aliphatic carbocycles. The largest absolute Gasteiger partial charge is 0.288 e. The Morgan fingerprint density at radius 1 is 0.923 bits per heavy atom. The maximum atomic E-state index is 12.6. The van der Waals surface area contributed by atoms with Crippen molar-refractivity contribution in [2.45, 2.75) is 12.8 Å². The van der Waals surface area contributed by atoms with Crippen molar-refractivity contribution >= 4 is 11.8 Å². The fraction of sp³-hybridized carbons (Fsp3) is 0.150. The summed E-state index contributed by atoms with van der Waals surface area (Å²) < 4.78 is 1.58. The summed E-state index contributed by atoms with van der Waals surface area (Å²) in [6, 6.07) is 20.8. The van der Waals surface area contributed by atoms with Gasteiger partial charge in [0.15, 0.2) is 0 Å². The molecule has 4 rings (SSSR count). The van der Waals surface area contributed by atoms with Crippen molar-refractivity contribution in [1.82, 2.24) is 20.6 Å². The molecular weight excluding hydrogens is 328 g/mol. The smallest absolute Gasteiger partial charge is 0.273 e. The summed E-state index contributed by atoms with van der Waals surface area (Å²) in [5.74, 6) is -0.529. The Bertz CT molecular complexity index is 931. The molecule has 0 spiro atoms. The third kappa shape index (κ3) is 3.35. The van der Waals surface area contributed by atoms with Crippen molar-refractivity contribution in [3.63, 3.8) is 0 Å². The van der Waals surface area contributed by atoms with Crippen LogP contribution in [0.25, 0.3) is 16.9 Å².